The number of ether oxygens (including phenoxy) is 4. The quantitative estimate of drug-likeness (QED) is 0.0226. The highest BCUT2D eigenvalue weighted by Gasteiger charge is 2.64. The first-order chi connectivity index (χ1) is 27.1. The molecule has 0 aromatic rings. The number of carbonyl (C=O) groups is 3. The van der Waals surface area contributed by atoms with E-state index in [1.54, 1.807) is 0 Å². The fraction of sp³-hybridized carbons (Fsp3) is 0.861. The van der Waals surface area contributed by atoms with Crippen LogP contribution in [-0.2, 0) is 33.3 Å². The molecule has 2 saturated heterocycles. The Labute approximate surface area is 331 Å². The Morgan fingerprint density at radius 3 is 1.96 bits per heavy atom. The summed E-state index contributed by atoms with van der Waals surface area (Å²) in [4.78, 5) is 36.1. The Morgan fingerprint density at radius 1 is 0.789 bits per heavy atom. The third kappa shape index (κ3) is 14.9. The number of unbranched alkanes of at least 4 members (excludes halogenated alkanes) is 5. The molecule has 2 fully saturated rings. The second-order valence-electron chi connectivity index (χ2n) is 14.3. The Kier molecular flexibility index (Phi) is 22.9. The summed E-state index contributed by atoms with van der Waals surface area (Å²) in [5.74, 6) is -1.85. The molecular formula is C36H65N3O18. The molecule has 0 aliphatic carbocycles. The molecule has 0 aromatic heterocycles. The smallest absolute Gasteiger partial charge is 0.221 e. The van der Waals surface area contributed by atoms with Crippen LogP contribution in [0.5, 0.6) is 0 Å². The predicted molar refractivity (Wildman–Crippen MR) is 196 cm³/mol. The van der Waals surface area contributed by atoms with E-state index < -0.39 is 117 Å². The molecular weight excluding hydrogens is 762 g/mol. The highest BCUT2D eigenvalue weighted by atomic mass is 16.7. The van der Waals surface area contributed by atoms with Gasteiger partial charge in [-0.3, -0.25) is 14.4 Å². The van der Waals surface area contributed by atoms with Crippen molar-refractivity contribution in [3.8, 4) is 0 Å². The van der Waals surface area contributed by atoms with Crippen molar-refractivity contribution >= 4 is 17.7 Å². The molecule has 0 saturated carbocycles. The van der Waals surface area contributed by atoms with Gasteiger partial charge in [-0.25, -0.2) is 0 Å². The van der Waals surface area contributed by atoms with Gasteiger partial charge in [-0.2, -0.15) is 0 Å². The third-order valence-electron chi connectivity index (χ3n) is 9.81. The molecule has 2 rings (SSSR count). The van der Waals surface area contributed by atoms with E-state index in [0.717, 1.165) is 45.4 Å². The summed E-state index contributed by atoms with van der Waals surface area (Å²) >= 11 is 0. The van der Waals surface area contributed by atoms with Gasteiger partial charge in [0.05, 0.1) is 19.8 Å². The summed E-state index contributed by atoms with van der Waals surface area (Å²) in [7, 11) is 0. The highest BCUT2D eigenvalue weighted by Crippen LogP contribution is 2.40. The first kappa shape index (κ1) is 50.5. The lowest BCUT2D eigenvalue weighted by atomic mass is 9.75. The molecule has 57 heavy (non-hydrogen) atoms. The van der Waals surface area contributed by atoms with Crippen LogP contribution in [-0.4, -0.2) is 187 Å². The number of rotatable bonds is 26. The van der Waals surface area contributed by atoms with Gasteiger partial charge in [0.1, 0.15) is 66.4 Å². The molecule has 332 valence electrons. The van der Waals surface area contributed by atoms with Crippen molar-refractivity contribution in [2.45, 2.75) is 158 Å². The number of amides is 3. The van der Waals surface area contributed by atoms with E-state index in [1.165, 1.54) is 0 Å². The summed E-state index contributed by atoms with van der Waals surface area (Å²) < 4.78 is 21.9. The minimum Gasteiger partial charge on any atom is -0.507 e. The molecule has 14 N–H and O–H groups in total. The van der Waals surface area contributed by atoms with E-state index in [2.05, 4.69) is 22.9 Å². The van der Waals surface area contributed by atoms with Gasteiger partial charge >= 0.3 is 0 Å². The summed E-state index contributed by atoms with van der Waals surface area (Å²) in [5, 5.41) is 124. The van der Waals surface area contributed by atoms with Gasteiger partial charge in [-0.05, 0) is 25.7 Å². The van der Waals surface area contributed by atoms with Gasteiger partial charge in [0, 0.05) is 45.9 Å². The SMILES string of the molecule is CCCCCCC(=O)NCCCCCC(=O)NCCCO[C@H](O)/C(NC(C)=O)=C(\O)[C@@H](CCO)O[C@@H]1OC(CO)[C@@](O)([C@@H]2OC(CO)[C@H](O)C(O)C2O)C(O)C1O. The number of aliphatic hydroxyl groups excluding tert-OH is 10. The zero-order valence-electron chi connectivity index (χ0n) is 32.6. The van der Waals surface area contributed by atoms with Crippen LogP contribution in [0.1, 0.15) is 84.5 Å². The van der Waals surface area contributed by atoms with Gasteiger partial charge in [-0.1, -0.05) is 32.6 Å². The lowest BCUT2D eigenvalue weighted by Gasteiger charge is -2.54. The molecule has 6 unspecified atom stereocenters. The van der Waals surface area contributed by atoms with Crippen molar-refractivity contribution in [1.29, 1.82) is 0 Å². The number of carbonyl (C=O) groups excluding carboxylic acids is 3. The standard InChI is InChI=1S/C36H65N3O18/c1-3-4-5-7-11-24(44)37-14-9-6-8-12-25(45)38-15-10-17-54-34(52)26(39-20(2)43)27(46)21(13-16-40)56-35-31(50)32(51)36(53,23(19-42)57-35)33-30(49)29(48)28(47)22(18-41)55-33/h21-23,28-35,40-42,46-53H,3-19H2,1-2H3,(H,37,44)(H,38,45)(H,39,43)/b27-26+/t21-,22?,23?,28+,29?,30?,31?,32?,33-,34+,35-,36+/m1/s1. The largest absolute Gasteiger partial charge is 0.507 e. The molecule has 21 heteroatoms. The van der Waals surface area contributed by atoms with Gasteiger partial charge in [-0.15, -0.1) is 0 Å². The van der Waals surface area contributed by atoms with Crippen LogP contribution in [0.15, 0.2) is 11.5 Å². The molecule has 2 aliphatic heterocycles. The van der Waals surface area contributed by atoms with Crippen LogP contribution in [0.4, 0.5) is 0 Å². The normalized spacial score (nSPS) is 30.6. The number of nitrogens with one attached hydrogen (secondary N) is 3. The second-order valence-corrected chi connectivity index (χ2v) is 14.3. The Bertz CT molecular complexity index is 1240. The van der Waals surface area contributed by atoms with E-state index in [9.17, 15) is 70.6 Å². The molecule has 0 radical (unpaired) electrons. The Hall–Kier alpha value is -2.61. The molecule has 3 amide bonds. The third-order valence-corrected chi connectivity index (χ3v) is 9.81. The molecule has 12 atom stereocenters. The van der Waals surface area contributed by atoms with Gasteiger partial charge in [0.2, 0.25) is 17.7 Å². The zero-order valence-corrected chi connectivity index (χ0v) is 32.6. The maximum Gasteiger partial charge on any atom is 0.221 e. The molecule has 0 bridgehead atoms. The summed E-state index contributed by atoms with van der Waals surface area (Å²) in [6.45, 7) is 1.01. The molecule has 0 aromatic carbocycles. The number of hydrogen-bond donors (Lipinski definition) is 14. The van der Waals surface area contributed by atoms with Gasteiger partial charge in [0.25, 0.3) is 0 Å². The van der Waals surface area contributed by atoms with E-state index in [1.807, 2.05) is 0 Å². The lowest BCUT2D eigenvalue weighted by molar-refractivity contribution is -0.376. The van der Waals surface area contributed by atoms with Crippen LogP contribution in [0.25, 0.3) is 0 Å². The minimum atomic E-state index is -2.90. The topological polar surface area (TPSA) is 347 Å². The van der Waals surface area contributed by atoms with Crippen molar-refractivity contribution in [2.75, 3.05) is 39.5 Å². The van der Waals surface area contributed by atoms with Crippen molar-refractivity contribution in [1.82, 2.24) is 16.0 Å². The minimum absolute atomic E-state index is 0.0326. The fourth-order valence-electron chi connectivity index (χ4n) is 6.55. The van der Waals surface area contributed by atoms with Crippen molar-refractivity contribution in [2.24, 2.45) is 0 Å². The van der Waals surface area contributed by atoms with Crippen molar-refractivity contribution in [3.63, 3.8) is 0 Å². The van der Waals surface area contributed by atoms with Crippen molar-refractivity contribution in [3.05, 3.63) is 11.5 Å². The summed E-state index contributed by atoms with van der Waals surface area (Å²) in [6, 6.07) is 0. The van der Waals surface area contributed by atoms with E-state index in [4.69, 9.17) is 18.9 Å². The van der Waals surface area contributed by atoms with Gasteiger partial charge < -0.3 is 91.1 Å². The Morgan fingerprint density at radius 2 is 1.40 bits per heavy atom. The van der Waals surface area contributed by atoms with Gasteiger partial charge in [0.15, 0.2) is 18.2 Å². The summed E-state index contributed by atoms with van der Waals surface area (Å²) in [6.07, 6.45) is -15.1. The molecule has 21 nitrogen and oxygen atoms in total. The van der Waals surface area contributed by atoms with Crippen LogP contribution >= 0.6 is 0 Å². The molecule has 0 spiro atoms. The first-order valence-corrected chi connectivity index (χ1v) is 19.5. The van der Waals surface area contributed by atoms with Crippen LogP contribution in [0, 0.1) is 0 Å². The Balaban J connectivity index is 1.97. The predicted octanol–water partition coefficient (Wildman–Crippen LogP) is -3.84. The van der Waals surface area contributed by atoms with Crippen LogP contribution in [0.2, 0.25) is 0 Å². The monoisotopic (exact) mass is 827 g/mol. The summed E-state index contributed by atoms with van der Waals surface area (Å²) in [5.41, 5.74) is -3.52. The van der Waals surface area contributed by atoms with Crippen molar-refractivity contribution < 1.29 is 89.5 Å². The molecule has 2 aliphatic rings. The fourth-order valence-corrected chi connectivity index (χ4v) is 6.55. The van der Waals surface area contributed by atoms with E-state index in [-0.39, 0.29) is 37.8 Å². The van der Waals surface area contributed by atoms with E-state index in [0.29, 0.717) is 19.4 Å². The first-order valence-electron chi connectivity index (χ1n) is 19.5. The van der Waals surface area contributed by atoms with E-state index >= 15 is 0 Å². The zero-order chi connectivity index (χ0) is 42.7. The van der Waals surface area contributed by atoms with Crippen LogP contribution < -0.4 is 16.0 Å². The van der Waals surface area contributed by atoms with Crippen LogP contribution in [0.3, 0.4) is 0 Å². The maximum absolute atomic E-state index is 12.2. The maximum atomic E-state index is 12.2. The average Bonchev–Trinajstić information content (AvgIpc) is 3.18. The number of aliphatic hydroxyl groups is 11. The molecule has 2 heterocycles. The number of hydrogen-bond acceptors (Lipinski definition) is 18. The highest BCUT2D eigenvalue weighted by molar-refractivity contribution is 5.76. The lowest BCUT2D eigenvalue weighted by Crippen LogP contribution is -2.77. The second kappa shape index (κ2) is 25.8. The average molecular weight is 828 g/mol.